The predicted octanol–water partition coefficient (Wildman–Crippen LogP) is 16.3. The molecule has 0 aliphatic rings. The van der Waals surface area contributed by atoms with E-state index >= 15 is 0 Å². The summed E-state index contributed by atoms with van der Waals surface area (Å²) < 4.78 is 175. The standard InChI is InChI=1S/2C29H23F6NO3/c30-28(31,32)22-14-12-21(13-15-22)27(19-37)36(18-20-6-4-11-26(16-20)39-29(33,34)35)23-7-5-10-25(17-23)38-24-8-2-1-3-9-24;30-28(31,32)22-14-12-21(13-15-22)27(37)19-36(18-20-6-4-11-26(16-20)39-29(33,34)35)23-7-5-10-25(17-23)38-24-8-2-1-3-9-24/h2*1-17,27,37H,18-19H2. The molecule has 408 valence electrons. The van der Waals surface area contributed by atoms with E-state index in [9.17, 15) is 62.9 Å². The van der Waals surface area contributed by atoms with Gasteiger partial charge in [0.2, 0.25) is 0 Å². The SMILES string of the molecule is OC(CN(Cc1cccc(OC(F)(F)F)c1)c1cccc(Oc2ccccc2)c1)c1ccc(C(F)(F)F)cc1.OCC(c1ccc(C(F)(F)F)cc1)N(Cc1cccc(OC(F)(F)F)c1)c1cccc(Oc2ccccc2)c1. The number of hydrogen-bond acceptors (Lipinski definition) is 8. The van der Waals surface area contributed by atoms with Gasteiger partial charge in [-0.2, -0.15) is 26.3 Å². The molecule has 8 aromatic carbocycles. The Bertz CT molecular complexity index is 3140. The molecular formula is C58H46F12N2O6. The summed E-state index contributed by atoms with van der Waals surface area (Å²) in [6.45, 7) is -0.518. The molecule has 2 N–H and O–H groups in total. The van der Waals surface area contributed by atoms with Crippen LogP contribution < -0.4 is 28.7 Å². The molecule has 0 aromatic heterocycles. The fraction of sp³-hybridized carbons (Fsp3) is 0.172. The number of aliphatic hydroxyl groups excluding tert-OH is 2. The molecule has 78 heavy (non-hydrogen) atoms. The number of halogens is 12. The van der Waals surface area contributed by atoms with Gasteiger partial charge in [-0.05, 0) is 119 Å². The number of rotatable bonds is 18. The van der Waals surface area contributed by atoms with Crippen LogP contribution in [0.15, 0.2) is 206 Å². The average molecular weight is 1090 g/mol. The lowest BCUT2D eigenvalue weighted by atomic mass is 10.0. The van der Waals surface area contributed by atoms with Gasteiger partial charge in [0.05, 0.1) is 29.9 Å². The first kappa shape index (κ1) is 57.3. The summed E-state index contributed by atoms with van der Waals surface area (Å²) in [5.74, 6) is 1.26. The average Bonchev–Trinajstić information content (AvgIpc) is 3.40. The third kappa shape index (κ3) is 17.3. The quantitative estimate of drug-likeness (QED) is 0.0823. The van der Waals surface area contributed by atoms with E-state index < -0.39 is 66.5 Å². The highest BCUT2D eigenvalue weighted by molar-refractivity contribution is 5.55. The van der Waals surface area contributed by atoms with Crippen molar-refractivity contribution in [2.45, 2.75) is 50.3 Å². The van der Waals surface area contributed by atoms with Crippen molar-refractivity contribution in [2.24, 2.45) is 0 Å². The Labute approximate surface area is 439 Å². The summed E-state index contributed by atoms with van der Waals surface area (Å²) in [6.07, 6.45) is -20.0. The number of nitrogens with zero attached hydrogens (tertiary/aromatic N) is 2. The number of ether oxygens (including phenoxy) is 4. The molecule has 0 heterocycles. The number of benzene rings is 8. The lowest BCUT2D eigenvalue weighted by molar-refractivity contribution is -0.275. The van der Waals surface area contributed by atoms with Crippen LogP contribution in [-0.4, -0.2) is 36.1 Å². The minimum absolute atomic E-state index is 0.00387. The maximum atomic E-state index is 13.1. The summed E-state index contributed by atoms with van der Waals surface area (Å²) in [5.41, 5.74) is 0.886. The molecule has 8 nitrogen and oxygen atoms in total. The highest BCUT2D eigenvalue weighted by Crippen LogP contribution is 2.37. The van der Waals surface area contributed by atoms with E-state index in [4.69, 9.17) is 9.47 Å². The number of alkyl halides is 12. The highest BCUT2D eigenvalue weighted by atomic mass is 19.4. The first-order chi connectivity index (χ1) is 37.0. The normalized spacial score (nSPS) is 12.6. The third-order valence-electron chi connectivity index (χ3n) is 11.5. The molecule has 0 saturated carbocycles. The zero-order valence-corrected chi connectivity index (χ0v) is 40.6. The van der Waals surface area contributed by atoms with Gasteiger partial charge in [0.15, 0.2) is 0 Å². The second-order valence-electron chi connectivity index (χ2n) is 17.2. The number of anilines is 2. The number of aliphatic hydroxyl groups is 2. The van der Waals surface area contributed by atoms with Crippen LogP contribution in [0, 0.1) is 0 Å². The lowest BCUT2D eigenvalue weighted by Crippen LogP contribution is -2.31. The van der Waals surface area contributed by atoms with Crippen molar-refractivity contribution < 1.29 is 81.8 Å². The molecule has 2 unspecified atom stereocenters. The van der Waals surface area contributed by atoms with Gasteiger partial charge in [0, 0.05) is 43.1 Å². The van der Waals surface area contributed by atoms with E-state index in [0.29, 0.717) is 51.1 Å². The summed E-state index contributed by atoms with van der Waals surface area (Å²) in [6, 6.07) is 50.1. The molecule has 0 radical (unpaired) electrons. The Hall–Kier alpha value is -8.36. The zero-order chi connectivity index (χ0) is 56.1. The Kier molecular flexibility index (Phi) is 18.5. The van der Waals surface area contributed by atoms with Crippen molar-refractivity contribution >= 4 is 11.4 Å². The summed E-state index contributed by atoms with van der Waals surface area (Å²) in [7, 11) is 0. The highest BCUT2D eigenvalue weighted by Gasteiger charge is 2.34. The molecule has 2 atom stereocenters. The van der Waals surface area contributed by atoms with E-state index in [2.05, 4.69) is 9.47 Å². The van der Waals surface area contributed by atoms with Crippen molar-refractivity contribution in [1.82, 2.24) is 0 Å². The van der Waals surface area contributed by atoms with Gasteiger partial charge in [-0.1, -0.05) is 97.1 Å². The van der Waals surface area contributed by atoms with E-state index in [1.54, 1.807) is 107 Å². The van der Waals surface area contributed by atoms with E-state index in [1.807, 2.05) is 24.3 Å². The van der Waals surface area contributed by atoms with Crippen LogP contribution in [0.2, 0.25) is 0 Å². The zero-order valence-electron chi connectivity index (χ0n) is 40.6. The van der Waals surface area contributed by atoms with Crippen molar-refractivity contribution in [3.05, 3.63) is 240 Å². The van der Waals surface area contributed by atoms with Crippen LogP contribution >= 0.6 is 0 Å². The Morgan fingerprint density at radius 2 is 0.795 bits per heavy atom. The molecule has 0 spiro atoms. The van der Waals surface area contributed by atoms with E-state index in [0.717, 1.165) is 30.3 Å². The Morgan fingerprint density at radius 3 is 1.24 bits per heavy atom. The predicted molar refractivity (Wildman–Crippen MR) is 267 cm³/mol. The Balaban J connectivity index is 0.000000226. The van der Waals surface area contributed by atoms with Gasteiger partial charge in [0.1, 0.15) is 34.5 Å². The summed E-state index contributed by atoms with van der Waals surface area (Å²) >= 11 is 0. The van der Waals surface area contributed by atoms with Gasteiger partial charge < -0.3 is 39.0 Å². The summed E-state index contributed by atoms with van der Waals surface area (Å²) in [5, 5.41) is 21.3. The van der Waals surface area contributed by atoms with Crippen molar-refractivity contribution in [1.29, 1.82) is 0 Å². The minimum atomic E-state index is -4.88. The number of hydrogen-bond donors (Lipinski definition) is 2. The Morgan fingerprint density at radius 1 is 0.397 bits per heavy atom. The van der Waals surface area contributed by atoms with Crippen LogP contribution in [-0.2, 0) is 25.4 Å². The third-order valence-corrected chi connectivity index (χ3v) is 11.5. The molecule has 20 heteroatoms. The van der Waals surface area contributed by atoms with Crippen LogP contribution in [0.3, 0.4) is 0 Å². The second-order valence-corrected chi connectivity index (χ2v) is 17.2. The van der Waals surface area contributed by atoms with Crippen molar-refractivity contribution in [3.8, 4) is 34.5 Å². The fourth-order valence-corrected chi connectivity index (χ4v) is 7.95. The van der Waals surface area contributed by atoms with Crippen LogP contribution in [0.4, 0.5) is 64.1 Å². The van der Waals surface area contributed by atoms with Gasteiger partial charge >= 0.3 is 25.1 Å². The lowest BCUT2D eigenvalue weighted by Gasteiger charge is -2.33. The minimum Gasteiger partial charge on any atom is -0.457 e. The first-order valence-corrected chi connectivity index (χ1v) is 23.5. The van der Waals surface area contributed by atoms with Crippen LogP contribution in [0.5, 0.6) is 34.5 Å². The van der Waals surface area contributed by atoms with Gasteiger partial charge in [-0.15, -0.1) is 26.3 Å². The summed E-state index contributed by atoms with van der Waals surface area (Å²) in [4.78, 5) is 3.36. The fourth-order valence-electron chi connectivity index (χ4n) is 7.95. The molecule has 0 amide bonds. The molecule has 0 saturated heterocycles. The van der Waals surface area contributed by atoms with E-state index in [1.165, 1.54) is 54.6 Å². The molecule has 0 aliphatic heterocycles. The first-order valence-electron chi connectivity index (χ1n) is 23.5. The largest absolute Gasteiger partial charge is 0.573 e. The van der Waals surface area contributed by atoms with Crippen LogP contribution in [0.1, 0.15) is 45.5 Å². The van der Waals surface area contributed by atoms with Crippen molar-refractivity contribution in [2.75, 3.05) is 23.0 Å². The maximum absolute atomic E-state index is 13.1. The van der Waals surface area contributed by atoms with Gasteiger partial charge in [-0.3, -0.25) is 0 Å². The van der Waals surface area contributed by atoms with Crippen molar-refractivity contribution in [3.63, 3.8) is 0 Å². The maximum Gasteiger partial charge on any atom is 0.573 e. The molecule has 0 bridgehead atoms. The molecule has 8 aromatic rings. The molecule has 8 rings (SSSR count). The molecule has 0 fully saturated rings. The van der Waals surface area contributed by atoms with Gasteiger partial charge in [0.25, 0.3) is 0 Å². The molecule has 0 aliphatic carbocycles. The van der Waals surface area contributed by atoms with Crippen LogP contribution in [0.25, 0.3) is 0 Å². The monoisotopic (exact) mass is 1090 g/mol. The van der Waals surface area contributed by atoms with Gasteiger partial charge in [-0.25, -0.2) is 0 Å². The smallest absolute Gasteiger partial charge is 0.457 e. The topological polar surface area (TPSA) is 83.9 Å². The van der Waals surface area contributed by atoms with E-state index in [-0.39, 0.29) is 25.2 Å². The second kappa shape index (κ2) is 25.2. The molecular weight excluding hydrogens is 1050 g/mol. The number of para-hydroxylation sites is 2.